The van der Waals surface area contributed by atoms with Gasteiger partial charge in [-0.25, -0.2) is 4.79 Å². The number of fused-ring (bicyclic) bond motifs is 1. The van der Waals surface area contributed by atoms with Gasteiger partial charge in [-0.2, -0.15) is 0 Å². The molecule has 13 heavy (non-hydrogen) atoms. The molecule has 3 atom stereocenters. The van der Waals surface area contributed by atoms with Crippen molar-refractivity contribution in [1.82, 2.24) is 0 Å². The van der Waals surface area contributed by atoms with Crippen molar-refractivity contribution in [3.8, 4) is 0 Å². The van der Waals surface area contributed by atoms with Crippen LogP contribution >= 0.6 is 0 Å². The standard InChI is InChI=1S/C10H12O3/c1-6-8-5-7(11)3-4-10(8,2)13-9(6)12/h3-4,7-8,11H,1,5H2,2H3/t7-,8-,10-/m0/s1. The molecular formula is C10H12O3. The zero-order valence-corrected chi connectivity index (χ0v) is 7.49. The van der Waals surface area contributed by atoms with Crippen LogP contribution in [0.15, 0.2) is 24.3 Å². The van der Waals surface area contributed by atoms with Gasteiger partial charge in [0.2, 0.25) is 0 Å². The molecule has 0 spiro atoms. The van der Waals surface area contributed by atoms with Crippen molar-refractivity contribution in [1.29, 1.82) is 0 Å². The molecule has 0 radical (unpaired) electrons. The predicted octanol–water partition coefficient (Wildman–Crippen LogP) is 0.795. The van der Waals surface area contributed by atoms with E-state index >= 15 is 0 Å². The molecule has 3 nitrogen and oxygen atoms in total. The Kier molecular flexibility index (Phi) is 1.60. The lowest BCUT2D eigenvalue weighted by molar-refractivity contribution is -0.143. The van der Waals surface area contributed by atoms with E-state index in [9.17, 15) is 9.90 Å². The van der Waals surface area contributed by atoms with Gasteiger partial charge < -0.3 is 9.84 Å². The summed E-state index contributed by atoms with van der Waals surface area (Å²) in [5.41, 5.74) is -0.0983. The SMILES string of the molecule is C=C1C(=O)O[C@@]2(C)C=C[C@H](O)C[C@@H]12. The van der Waals surface area contributed by atoms with Gasteiger partial charge in [-0.3, -0.25) is 0 Å². The maximum atomic E-state index is 11.2. The molecule has 0 amide bonds. The molecule has 0 saturated carbocycles. The number of carbonyl (C=O) groups is 1. The van der Waals surface area contributed by atoms with Crippen molar-refractivity contribution in [2.75, 3.05) is 0 Å². The van der Waals surface area contributed by atoms with Gasteiger partial charge in [0, 0.05) is 11.5 Å². The minimum Gasteiger partial charge on any atom is -0.451 e. The van der Waals surface area contributed by atoms with Crippen molar-refractivity contribution >= 4 is 5.97 Å². The number of rotatable bonds is 0. The van der Waals surface area contributed by atoms with Gasteiger partial charge in [-0.15, -0.1) is 0 Å². The topological polar surface area (TPSA) is 46.5 Å². The number of hydrogen-bond donors (Lipinski definition) is 1. The molecular weight excluding hydrogens is 168 g/mol. The number of aliphatic hydroxyl groups is 1. The quantitative estimate of drug-likeness (QED) is 0.340. The van der Waals surface area contributed by atoms with Gasteiger partial charge in [-0.1, -0.05) is 12.7 Å². The highest BCUT2D eigenvalue weighted by atomic mass is 16.6. The number of ether oxygens (including phenoxy) is 1. The number of carbonyl (C=O) groups excluding carboxylic acids is 1. The van der Waals surface area contributed by atoms with Crippen molar-refractivity contribution in [3.63, 3.8) is 0 Å². The molecule has 1 saturated heterocycles. The average molecular weight is 180 g/mol. The first-order valence-corrected chi connectivity index (χ1v) is 4.32. The molecule has 0 unspecified atom stereocenters. The highest BCUT2D eigenvalue weighted by molar-refractivity contribution is 5.91. The molecule has 1 aliphatic heterocycles. The first kappa shape index (κ1) is 8.51. The van der Waals surface area contributed by atoms with Crippen molar-refractivity contribution in [2.45, 2.75) is 25.0 Å². The van der Waals surface area contributed by atoms with Gasteiger partial charge in [-0.05, 0) is 19.4 Å². The normalized spacial score (nSPS) is 43.2. The van der Waals surface area contributed by atoms with Crippen LogP contribution < -0.4 is 0 Å². The fourth-order valence-corrected chi connectivity index (χ4v) is 1.97. The van der Waals surface area contributed by atoms with Crippen molar-refractivity contribution in [2.24, 2.45) is 5.92 Å². The van der Waals surface area contributed by atoms with E-state index in [2.05, 4.69) is 6.58 Å². The second kappa shape index (κ2) is 2.45. The molecule has 0 aromatic heterocycles. The number of hydrogen-bond acceptors (Lipinski definition) is 3. The Morgan fingerprint density at radius 2 is 2.46 bits per heavy atom. The van der Waals surface area contributed by atoms with E-state index in [-0.39, 0.29) is 11.9 Å². The largest absolute Gasteiger partial charge is 0.451 e. The zero-order valence-electron chi connectivity index (χ0n) is 7.49. The Labute approximate surface area is 76.7 Å². The van der Waals surface area contributed by atoms with Crippen molar-refractivity contribution in [3.05, 3.63) is 24.3 Å². The summed E-state index contributed by atoms with van der Waals surface area (Å²) in [6, 6.07) is 0. The van der Waals surface area contributed by atoms with Crippen LogP contribution in [0, 0.1) is 5.92 Å². The lowest BCUT2D eigenvalue weighted by Gasteiger charge is -2.30. The monoisotopic (exact) mass is 180 g/mol. The highest BCUT2D eigenvalue weighted by Crippen LogP contribution is 2.42. The second-order valence-electron chi connectivity index (χ2n) is 3.81. The maximum Gasteiger partial charge on any atom is 0.334 e. The van der Waals surface area contributed by atoms with E-state index in [0.717, 1.165) is 0 Å². The number of esters is 1. The van der Waals surface area contributed by atoms with E-state index in [4.69, 9.17) is 4.74 Å². The smallest absolute Gasteiger partial charge is 0.334 e. The predicted molar refractivity (Wildman–Crippen MR) is 46.9 cm³/mol. The van der Waals surface area contributed by atoms with Crippen LogP contribution in [0.1, 0.15) is 13.3 Å². The summed E-state index contributed by atoms with van der Waals surface area (Å²) in [4.78, 5) is 11.2. The summed E-state index contributed by atoms with van der Waals surface area (Å²) >= 11 is 0. The Hall–Kier alpha value is -1.09. The summed E-state index contributed by atoms with van der Waals surface area (Å²) in [6.45, 7) is 5.52. The molecule has 1 N–H and O–H groups in total. The third-order valence-corrected chi connectivity index (χ3v) is 2.81. The fourth-order valence-electron chi connectivity index (χ4n) is 1.97. The minimum absolute atomic E-state index is 0.0694. The van der Waals surface area contributed by atoms with Crippen LogP contribution in [0.5, 0.6) is 0 Å². The number of aliphatic hydroxyl groups excluding tert-OH is 1. The van der Waals surface area contributed by atoms with Crippen LogP contribution in [0.2, 0.25) is 0 Å². The molecule has 1 heterocycles. The maximum absolute atomic E-state index is 11.2. The van der Waals surface area contributed by atoms with E-state index < -0.39 is 11.7 Å². The first-order chi connectivity index (χ1) is 6.03. The van der Waals surface area contributed by atoms with E-state index in [1.807, 2.05) is 6.92 Å². The van der Waals surface area contributed by atoms with E-state index in [1.165, 1.54) is 0 Å². The third-order valence-electron chi connectivity index (χ3n) is 2.81. The minimum atomic E-state index is -0.576. The van der Waals surface area contributed by atoms with Crippen LogP contribution in [-0.2, 0) is 9.53 Å². The molecule has 3 heteroatoms. The molecule has 1 fully saturated rings. The Morgan fingerprint density at radius 3 is 3.15 bits per heavy atom. The summed E-state index contributed by atoms with van der Waals surface area (Å²) in [5, 5.41) is 9.38. The Balaban J connectivity index is 2.38. The molecule has 0 bridgehead atoms. The van der Waals surface area contributed by atoms with Gasteiger partial charge in [0.15, 0.2) is 0 Å². The van der Waals surface area contributed by atoms with Crippen LogP contribution in [0.25, 0.3) is 0 Å². The molecule has 0 aromatic carbocycles. The Bertz CT molecular complexity index is 305. The van der Waals surface area contributed by atoms with Crippen molar-refractivity contribution < 1.29 is 14.6 Å². The zero-order chi connectivity index (χ0) is 9.64. The first-order valence-electron chi connectivity index (χ1n) is 4.32. The Morgan fingerprint density at radius 1 is 1.77 bits per heavy atom. The summed E-state index contributed by atoms with van der Waals surface area (Å²) < 4.78 is 5.18. The fraction of sp³-hybridized carbons (Fsp3) is 0.500. The lowest BCUT2D eigenvalue weighted by atomic mass is 9.78. The summed E-state index contributed by atoms with van der Waals surface area (Å²) in [5.74, 6) is -0.411. The van der Waals surface area contributed by atoms with E-state index in [0.29, 0.717) is 12.0 Å². The average Bonchev–Trinajstić information content (AvgIpc) is 2.28. The van der Waals surface area contributed by atoms with E-state index in [1.54, 1.807) is 12.2 Å². The van der Waals surface area contributed by atoms with Gasteiger partial charge in [0.1, 0.15) is 5.60 Å². The summed E-state index contributed by atoms with van der Waals surface area (Å²) in [7, 11) is 0. The second-order valence-corrected chi connectivity index (χ2v) is 3.81. The third kappa shape index (κ3) is 1.11. The van der Waals surface area contributed by atoms with Crippen LogP contribution in [0.4, 0.5) is 0 Å². The van der Waals surface area contributed by atoms with Crippen LogP contribution in [-0.4, -0.2) is 22.8 Å². The van der Waals surface area contributed by atoms with Crippen LogP contribution in [0.3, 0.4) is 0 Å². The molecule has 0 aromatic rings. The van der Waals surface area contributed by atoms with Gasteiger partial charge in [0.25, 0.3) is 0 Å². The highest BCUT2D eigenvalue weighted by Gasteiger charge is 2.48. The molecule has 2 aliphatic rings. The lowest BCUT2D eigenvalue weighted by Crippen LogP contribution is -2.35. The summed E-state index contributed by atoms with van der Waals surface area (Å²) in [6.07, 6.45) is 3.46. The van der Waals surface area contributed by atoms with Gasteiger partial charge >= 0.3 is 5.97 Å². The van der Waals surface area contributed by atoms with Gasteiger partial charge in [0.05, 0.1) is 6.10 Å². The molecule has 2 rings (SSSR count). The molecule has 1 aliphatic carbocycles. The molecule has 70 valence electrons.